The Hall–Kier alpha value is -3.31. The standard InChI is InChI=1S/C28H25NO3S/c1-15-6-9-20(12-16(15)2)29-25(19-7-10-21(33-5)11-8-19)24-26(30)22-13-17(3)18(4)14-23(22)32-27(24)28(29)31/h6-14,25H,1-5H3. The maximum Gasteiger partial charge on any atom is 0.295 e. The van der Waals surface area contributed by atoms with Crippen LogP contribution in [0.25, 0.3) is 11.0 Å². The monoisotopic (exact) mass is 455 g/mol. The average molecular weight is 456 g/mol. The van der Waals surface area contributed by atoms with Gasteiger partial charge in [0.1, 0.15) is 5.58 Å². The lowest BCUT2D eigenvalue weighted by molar-refractivity contribution is 0.0971. The van der Waals surface area contributed by atoms with Crippen molar-refractivity contribution in [2.75, 3.05) is 11.2 Å². The van der Waals surface area contributed by atoms with Crippen LogP contribution in [-0.2, 0) is 0 Å². The molecule has 0 saturated heterocycles. The molecule has 1 amide bonds. The van der Waals surface area contributed by atoms with Gasteiger partial charge in [0.05, 0.1) is 17.0 Å². The first-order valence-electron chi connectivity index (χ1n) is 10.9. The highest BCUT2D eigenvalue weighted by Gasteiger charge is 2.43. The van der Waals surface area contributed by atoms with Gasteiger partial charge in [-0.15, -0.1) is 11.8 Å². The van der Waals surface area contributed by atoms with Gasteiger partial charge in [-0.2, -0.15) is 0 Å². The molecule has 1 aliphatic heterocycles. The molecular formula is C28H25NO3S. The second-order valence-electron chi connectivity index (χ2n) is 8.73. The minimum absolute atomic E-state index is 0.132. The lowest BCUT2D eigenvalue weighted by Crippen LogP contribution is -2.29. The van der Waals surface area contributed by atoms with Gasteiger partial charge in [-0.3, -0.25) is 14.5 Å². The Morgan fingerprint density at radius 1 is 0.818 bits per heavy atom. The summed E-state index contributed by atoms with van der Waals surface area (Å²) in [6.45, 7) is 8.02. The first-order chi connectivity index (χ1) is 15.8. The van der Waals surface area contributed by atoms with Gasteiger partial charge < -0.3 is 4.42 Å². The maximum atomic E-state index is 13.8. The Morgan fingerprint density at radius 3 is 2.15 bits per heavy atom. The van der Waals surface area contributed by atoms with Crippen LogP contribution in [0.3, 0.4) is 0 Å². The fourth-order valence-corrected chi connectivity index (χ4v) is 4.88. The van der Waals surface area contributed by atoms with Crippen LogP contribution in [0.1, 0.15) is 50.0 Å². The van der Waals surface area contributed by atoms with E-state index in [-0.39, 0.29) is 17.1 Å². The van der Waals surface area contributed by atoms with Crippen molar-refractivity contribution in [1.29, 1.82) is 0 Å². The second kappa shape index (κ2) is 7.92. The van der Waals surface area contributed by atoms with Gasteiger partial charge in [0.15, 0.2) is 5.43 Å². The van der Waals surface area contributed by atoms with Gasteiger partial charge in [0.25, 0.3) is 5.91 Å². The Balaban J connectivity index is 1.81. The normalized spacial score (nSPS) is 15.4. The molecule has 4 nitrogen and oxygen atoms in total. The molecule has 0 radical (unpaired) electrons. The number of aryl methyl sites for hydroxylation is 4. The van der Waals surface area contributed by atoms with E-state index in [2.05, 4.69) is 0 Å². The molecule has 0 N–H and O–H groups in total. The number of anilines is 1. The van der Waals surface area contributed by atoms with E-state index in [0.717, 1.165) is 38.4 Å². The van der Waals surface area contributed by atoms with Crippen LogP contribution in [0.5, 0.6) is 0 Å². The Labute approximate surface area is 197 Å². The van der Waals surface area contributed by atoms with E-state index in [1.54, 1.807) is 16.7 Å². The molecule has 1 aliphatic rings. The van der Waals surface area contributed by atoms with Gasteiger partial charge in [-0.05, 0) is 98.2 Å². The topological polar surface area (TPSA) is 50.5 Å². The molecule has 4 aromatic rings. The maximum absolute atomic E-state index is 13.8. The number of thioether (sulfide) groups is 1. The van der Waals surface area contributed by atoms with Crippen molar-refractivity contribution in [3.05, 3.63) is 104 Å². The average Bonchev–Trinajstić information content (AvgIpc) is 3.10. The predicted molar refractivity (Wildman–Crippen MR) is 135 cm³/mol. The summed E-state index contributed by atoms with van der Waals surface area (Å²) < 4.78 is 6.14. The number of carbonyl (C=O) groups is 1. The van der Waals surface area contributed by atoms with Gasteiger partial charge in [0.2, 0.25) is 5.76 Å². The molecule has 0 fully saturated rings. The van der Waals surface area contributed by atoms with E-state index >= 15 is 0 Å². The van der Waals surface area contributed by atoms with Crippen molar-refractivity contribution in [3.8, 4) is 0 Å². The van der Waals surface area contributed by atoms with E-state index in [1.165, 1.54) is 0 Å². The number of rotatable bonds is 3. The summed E-state index contributed by atoms with van der Waals surface area (Å²) in [5, 5.41) is 0.511. The van der Waals surface area contributed by atoms with Crippen LogP contribution in [0.15, 0.2) is 68.7 Å². The molecule has 3 aromatic carbocycles. The molecule has 0 spiro atoms. The minimum atomic E-state index is -0.548. The summed E-state index contributed by atoms with van der Waals surface area (Å²) in [6, 6.07) is 17.2. The quantitative estimate of drug-likeness (QED) is 0.331. The molecule has 0 bridgehead atoms. The van der Waals surface area contributed by atoms with E-state index in [4.69, 9.17) is 4.42 Å². The van der Waals surface area contributed by atoms with Crippen molar-refractivity contribution >= 4 is 34.3 Å². The van der Waals surface area contributed by atoms with E-state index in [9.17, 15) is 9.59 Å². The molecular weight excluding hydrogens is 430 g/mol. The molecule has 0 aliphatic carbocycles. The number of benzene rings is 3. The summed E-state index contributed by atoms with van der Waals surface area (Å²) >= 11 is 1.65. The highest BCUT2D eigenvalue weighted by molar-refractivity contribution is 7.98. The lowest BCUT2D eigenvalue weighted by Gasteiger charge is -2.26. The van der Waals surface area contributed by atoms with E-state index < -0.39 is 6.04 Å². The second-order valence-corrected chi connectivity index (χ2v) is 9.61. The molecule has 166 valence electrons. The highest BCUT2D eigenvalue weighted by Crippen LogP contribution is 2.42. The fraction of sp³-hybridized carbons (Fsp3) is 0.214. The summed E-state index contributed by atoms with van der Waals surface area (Å²) in [4.78, 5) is 30.4. The molecule has 1 unspecified atom stereocenters. The predicted octanol–water partition coefficient (Wildman–Crippen LogP) is 6.50. The zero-order valence-corrected chi connectivity index (χ0v) is 20.2. The largest absolute Gasteiger partial charge is 0.450 e. The summed E-state index contributed by atoms with van der Waals surface area (Å²) in [7, 11) is 0. The van der Waals surface area contributed by atoms with Gasteiger partial charge >= 0.3 is 0 Å². The first kappa shape index (κ1) is 21.5. The van der Waals surface area contributed by atoms with Crippen molar-refractivity contribution in [3.63, 3.8) is 0 Å². The highest BCUT2D eigenvalue weighted by atomic mass is 32.2. The smallest absolute Gasteiger partial charge is 0.295 e. The number of fused-ring (bicyclic) bond motifs is 2. The van der Waals surface area contributed by atoms with Crippen LogP contribution in [0, 0.1) is 27.7 Å². The number of hydrogen-bond acceptors (Lipinski definition) is 4. The van der Waals surface area contributed by atoms with Crippen LogP contribution in [0.4, 0.5) is 5.69 Å². The Kier molecular flexibility index (Phi) is 5.17. The van der Waals surface area contributed by atoms with Gasteiger partial charge in [0, 0.05) is 10.6 Å². The third-order valence-corrected chi connectivity index (χ3v) is 7.43. The van der Waals surface area contributed by atoms with Crippen LogP contribution in [-0.4, -0.2) is 12.2 Å². The third-order valence-electron chi connectivity index (χ3n) is 6.69. The van der Waals surface area contributed by atoms with Crippen LogP contribution < -0.4 is 10.3 Å². The van der Waals surface area contributed by atoms with Crippen LogP contribution in [0.2, 0.25) is 0 Å². The molecule has 0 saturated carbocycles. The Bertz CT molecular complexity index is 1480. The lowest BCUT2D eigenvalue weighted by atomic mass is 9.97. The molecule has 5 rings (SSSR count). The first-order valence-corrected chi connectivity index (χ1v) is 12.2. The Morgan fingerprint density at radius 2 is 1.48 bits per heavy atom. The summed E-state index contributed by atoms with van der Waals surface area (Å²) in [5.74, 6) is -0.155. The SMILES string of the molecule is CSc1ccc(C2c3c(oc4cc(C)c(C)cc4c3=O)C(=O)N2c2ccc(C)c(C)c2)cc1. The molecule has 1 aromatic heterocycles. The van der Waals surface area contributed by atoms with Gasteiger partial charge in [-0.1, -0.05) is 18.2 Å². The van der Waals surface area contributed by atoms with Crippen LogP contribution >= 0.6 is 11.8 Å². The van der Waals surface area contributed by atoms with Gasteiger partial charge in [-0.25, -0.2) is 0 Å². The molecule has 33 heavy (non-hydrogen) atoms. The zero-order valence-electron chi connectivity index (χ0n) is 19.4. The van der Waals surface area contributed by atoms with Crippen molar-refractivity contribution < 1.29 is 9.21 Å². The molecule has 2 heterocycles. The number of amides is 1. The fourth-order valence-electron chi connectivity index (χ4n) is 4.47. The van der Waals surface area contributed by atoms with E-state index in [1.807, 2.05) is 88.5 Å². The number of hydrogen-bond donors (Lipinski definition) is 0. The van der Waals surface area contributed by atoms with Crippen molar-refractivity contribution in [2.45, 2.75) is 38.6 Å². The summed E-state index contributed by atoms with van der Waals surface area (Å²) in [5.41, 5.74) is 6.63. The summed E-state index contributed by atoms with van der Waals surface area (Å²) in [6.07, 6.45) is 2.02. The van der Waals surface area contributed by atoms with Crippen molar-refractivity contribution in [2.24, 2.45) is 0 Å². The number of nitrogens with zero attached hydrogens (tertiary/aromatic N) is 1. The molecule has 5 heteroatoms. The minimum Gasteiger partial charge on any atom is -0.450 e. The molecule has 1 atom stereocenters. The number of carbonyl (C=O) groups excluding carboxylic acids is 1. The third kappa shape index (κ3) is 3.39. The van der Waals surface area contributed by atoms with Crippen molar-refractivity contribution in [1.82, 2.24) is 0 Å². The zero-order chi connectivity index (χ0) is 23.4. The van der Waals surface area contributed by atoms with E-state index in [0.29, 0.717) is 16.5 Å².